The standard InChI is InChI=1S/C19H20F3N3O4S/c1-13-5-6-17(23-12-13)24-18(26)14-7-9-25(10-8-14)30(27,28)16-4-2-3-15(11-16)29-19(20,21)22/h2-6,11-12,14H,7-10H2,1H3,(H,23,24,26). The van der Waals surface area contributed by atoms with Gasteiger partial charge >= 0.3 is 6.36 Å². The van der Waals surface area contributed by atoms with E-state index in [-0.39, 0.29) is 42.7 Å². The molecule has 3 rings (SSSR count). The largest absolute Gasteiger partial charge is 0.573 e. The Morgan fingerprint density at radius 1 is 1.20 bits per heavy atom. The Morgan fingerprint density at radius 2 is 1.90 bits per heavy atom. The van der Waals surface area contributed by atoms with Gasteiger partial charge < -0.3 is 10.1 Å². The molecule has 0 bridgehead atoms. The van der Waals surface area contributed by atoms with E-state index < -0.39 is 22.1 Å². The van der Waals surface area contributed by atoms with Crippen molar-refractivity contribution in [2.24, 2.45) is 5.92 Å². The van der Waals surface area contributed by atoms with Crippen LogP contribution in [-0.4, -0.2) is 43.1 Å². The number of benzene rings is 1. The summed E-state index contributed by atoms with van der Waals surface area (Å²) in [6.07, 6.45) is -2.72. The van der Waals surface area contributed by atoms with Crippen LogP contribution >= 0.6 is 0 Å². The lowest BCUT2D eigenvalue weighted by molar-refractivity contribution is -0.274. The minimum Gasteiger partial charge on any atom is -0.406 e. The molecule has 30 heavy (non-hydrogen) atoms. The van der Waals surface area contributed by atoms with Crippen molar-refractivity contribution in [3.05, 3.63) is 48.2 Å². The lowest BCUT2D eigenvalue weighted by Crippen LogP contribution is -2.41. The van der Waals surface area contributed by atoms with E-state index in [9.17, 15) is 26.4 Å². The minimum atomic E-state index is -4.92. The number of ether oxygens (including phenoxy) is 1. The number of aromatic nitrogens is 1. The Morgan fingerprint density at radius 3 is 2.50 bits per heavy atom. The number of carbonyl (C=O) groups is 1. The highest BCUT2D eigenvalue weighted by Crippen LogP contribution is 2.28. The van der Waals surface area contributed by atoms with Gasteiger partial charge in [-0.2, -0.15) is 4.31 Å². The number of nitrogens with one attached hydrogen (secondary N) is 1. The average molecular weight is 443 g/mol. The Labute approximate surface area is 171 Å². The Bertz CT molecular complexity index is 1000. The van der Waals surface area contributed by atoms with Gasteiger partial charge in [-0.3, -0.25) is 4.79 Å². The monoisotopic (exact) mass is 443 g/mol. The Kier molecular flexibility index (Phi) is 6.32. The fourth-order valence-corrected chi connectivity index (χ4v) is 4.61. The fraction of sp³-hybridized carbons (Fsp3) is 0.368. The highest BCUT2D eigenvalue weighted by molar-refractivity contribution is 7.89. The lowest BCUT2D eigenvalue weighted by Gasteiger charge is -2.30. The molecule has 1 saturated heterocycles. The van der Waals surface area contributed by atoms with Crippen LogP contribution in [0.4, 0.5) is 19.0 Å². The number of carbonyl (C=O) groups excluding carboxylic acids is 1. The van der Waals surface area contributed by atoms with E-state index in [1.807, 2.05) is 13.0 Å². The summed E-state index contributed by atoms with van der Waals surface area (Å²) in [4.78, 5) is 16.2. The smallest absolute Gasteiger partial charge is 0.406 e. The van der Waals surface area contributed by atoms with Gasteiger partial charge in [0.05, 0.1) is 4.90 Å². The molecule has 2 heterocycles. The van der Waals surface area contributed by atoms with Crippen molar-refractivity contribution in [2.75, 3.05) is 18.4 Å². The maximum atomic E-state index is 12.8. The predicted octanol–water partition coefficient (Wildman–Crippen LogP) is 3.33. The van der Waals surface area contributed by atoms with Gasteiger partial charge in [-0.05, 0) is 43.5 Å². The molecule has 0 saturated carbocycles. The third-order valence-electron chi connectivity index (χ3n) is 4.66. The zero-order valence-electron chi connectivity index (χ0n) is 16.0. The van der Waals surface area contributed by atoms with Crippen molar-refractivity contribution in [3.8, 4) is 5.75 Å². The number of sulfonamides is 1. The topological polar surface area (TPSA) is 88.6 Å². The van der Waals surface area contributed by atoms with Gasteiger partial charge in [0.15, 0.2) is 0 Å². The molecule has 0 aliphatic carbocycles. The molecule has 0 atom stereocenters. The first-order chi connectivity index (χ1) is 14.0. The van der Waals surface area contributed by atoms with Gasteiger partial charge in [0.1, 0.15) is 11.6 Å². The van der Waals surface area contributed by atoms with E-state index >= 15 is 0 Å². The van der Waals surface area contributed by atoms with Crippen molar-refractivity contribution in [1.29, 1.82) is 0 Å². The van der Waals surface area contributed by atoms with Gasteiger partial charge in [0, 0.05) is 31.3 Å². The molecule has 0 unspecified atom stereocenters. The minimum absolute atomic E-state index is 0.0755. The number of hydrogen-bond acceptors (Lipinski definition) is 5. The van der Waals surface area contributed by atoms with Gasteiger partial charge in [0.25, 0.3) is 0 Å². The van der Waals surface area contributed by atoms with Crippen LogP contribution in [0.5, 0.6) is 5.75 Å². The van der Waals surface area contributed by atoms with Crippen molar-refractivity contribution in [1.82, 2.24) is 9.29 Å². The highest BCUT2D eigenvalue weighted by atomic mass is 32.2. The highest BCUT2D eigenvalue weighted by Gasteiger charge is 2.34. The molecular weight excluding hydrogens is 423 g/mol. The predicted molar refractivity (Wildman–Crippen MR) is 102 cm³/mol. The molecule has 1 aliphatic rings. The zero-order valence-corrected chi connectivity index (χ0v) is 16.8. The number of aryl methyl sites for hydroxylation is 1. The third-order valence-corrected chi connectivity index (χ3v) is 6.56. The first-order valence-corrected chi connectivity index (χ1v) is 10.6. The number of nitrogens with zero attached hydrogens (tertiary/aromatic N) is 2. The molecule has 0 spiro atoms. The molecular formula is C19H20F3N3O4S. The Hall–Kier alpha value is -2.66. The SMILES string of the molecule is Cc1ccc(NC(=O)C2CCN(S(=O)(=O)c3cccc(OC(F)(F)F)c3)CC2)nc1. The second-order valence-corrected chi connectivity index (χ2v) is 8.85. The van der Waals surface area contributed by atoms with Crippen molar-refractivity contribution < 1.29 is 31.1 Å². The average Bonchev–Trinajstić information content (AvgIpc) is 2.69. The number of alkyl halides is 3. The molecule has 0 radical (unpaired) electrons. The van der Waals surface area contributed by atoms with Crippen LogP contribution in [0.25, 0.3) is 0 Å². The summed E-state index contributed by atoms with van der Waals surface area (Å²) >= 11 is 0. The van der Waals surface area contributed by atoms with Crippen LogP contribution in [0.3, 0.4) is 0 Å². The van der Waals surface area contributed by atoms with Gasteiger partial charge in [-0.15, -0.1) is 13.2 Å². The molecule has 162 valence electrons. The van der Waals surface area contributed by atoms with Gasteiger partial charge in [0.2, 0.25) is 15.9 Å². The number of halogens is 3. The van der Waals surface area contributed by atoms with E-state index in [1.54, 1.807) is 12.3 Å². The van der Waals surface area contributed by atoms with E-state index in [0.717, 1.165) is 22.0 Å². The number of rotatable bonds is 5. The molecule has 1 aromatic carbocycles. The van der Waals surface area contributed by atoms with E-state index in [4.69, 9.17) is 0 Å². The van der Waals surface area contributed by atoms with Crippen LogP contribution in [-0.2, 0) is 14.8 Å². The van der Waals surface area contributed by atoms with Crippen LogP contribution in [0.1, 0.15) is 18.4 Å². The fourth-order valence-electron chi connectivity index (χ4n) is 3.11. The molecule has 1 amide bonds. The van der Waals surface area contributed by atoms with Crippen LogP contribution in [0.2, 0.25) is 0 Å². The summed E-state index contributed by atoms with van der Waals surface area (Å²) in [7, 11) is -4.01. The number of anilines is 1. The van der Waals surface area contributed by atoms with E-state index in [0.29, 0.717) is 5.82 Å². The number of hydrogen-bond donors (Lipinski definition) is 1. The summed E-state index contributed by atoms with van der Waals surface area (Å²) in [5, 5.41) is 2.71. The van der Waals surface area contributed by atoms with E-state index in [2.05, 4.69) is 15.0 Å². The summed E-state index contributed by atoms with van der Waals surface area (Å²) < 4.78 is 67.7. The maximum absolute atomic E-state index is 12.8. The second-order valence-electron chi connectivity index (χ2n) is 6.91. The van der Waals surface area contributed by atoms with Crippen LogP contribution in [0.15, 0.2) is 47.5 Å². The van der Waals surface area contributed by atoms with Crippen LogP contribution < -0.4 is 10.1 Å². The molecule has 7 nitrogen and oxygen atoms in total. The van der Waals surface area contributed by atoms with Crippen molar-refractivity contribution in [2.45, 2.75) is 31.0 Å². The molecule has 1 aromatic heterocycles. The second kappa shape index (κ2) is 8.60. The number of piperidine rings is 1. The number of pyridine rings is 1. The summed E-state index contributed by atoms with van der Waals surface area (Å²) in [6.45, 7) is 2.03. The van der Waals surface area contributed by atoms with Gasteiger partial charge in [-0.1, -0.05) is 12.1 Å². The first-order valence-electron chi connectivity index (χ1n) is 9.14. The summed E-state index contributed by atoms with van der Waals surface area (Å²) in [5.74, 6) is -0.825. The summed E-state index contributed by atoms with van der Waals surface area (Å²) in [6, 6.07) is 7.76. The first kappa shape index (κ1) is 22.0. The molecule has 11 heteroatoms. The van der Waals surface area contributed by atoms with Crippen LogP contribution in [0, 0.1) is 12.8 Å². The quantitative estimate of drug-likeness (QED) is 0.766. The normalized spacial score (nSPS) is 16.3. The molecule has 1 N–H and O–H groups in total. The van der Waals surface area contributed by atoms with Crippen molar-refractivity contribution >= 4 is 21.7 Å². The number of amides is 1. The maximum Gasteiger partial charge on any atom is 0.573 e. The third kappa shape index (κ3) is 5.48. The Balaban J connectivity index is 1.63. The lowest BCUT2D eigenvalue weighted by atomic mass is 9.97. The molecule has 2 aromatic rings. The van der Waals surface area contributed by atoms with E-state index in [1.165, 1.54) is 12.1 Å². The zero-order chi connectivity index (χ0) is 21.9. The van der Waals surface area contributed by atoms with Crippen molar-refractivity contribution in [3.63, 3.8) is 0 Å². The molecule has 1 aliphatic heterocycles. The summed E-state index contributed by atoms with van der Waals surface area (Å²) in [5.41, 5.74) is 0.955. The molecule has 1 fully saturated rings. The van der Waals surface area contributed by atoms with Gasteiger partial charge in [-0.25, -0.2) is 13.4 Å².